The van der Waals surface area contributed by atoms with Gasteiger partial charge in [0.05, 0.1) is 0 Å². The average Bonchev–Trinajstić information content (AvgIpc) is 3.47. The van der Waals surface area contributed by atoms with Gasteiger partial charge >= 0.3 is 0 Å². The molecular formula is C43H32S. The molecule has 0 aliphatic rings. The Morgan fingerprint density at radius 3 is 1.75 bits per heavy atom. The predicted molar refractivity (Wildman–Crippen MR) is 192 cm³/mol. The van der Waals surface area contributed by atoms with Crippen LogP contribution in [0.25, 0.3) is 64.3 Å². The summed E-state index contributed by atoms with van der Waals surface area (Å²) in [7, 11) is 0. The van der Waals surface area contributed by atoms with E-state index in [9.17, 15) is 0 Å². The largest absolute Gasteiger partial charge is 0.135 e. The molecule has 210 valence electrons. The smallest absolute Gasteiger partial charge is 0.0355 e. The summed E-state index contributed by atoms with van der Waals surface area (Å²) in [5.74, 6) is 0.379. The van der Waals surface area contributed by atoms with Crippen molar-refractivity contribution in [2.24, 2.45) is 0 Å². The molecule has 0 spiro atoms. The molecule has 8 rings (SSSR count). The Morgan fingerprint density at radius 1 is 0.409 bits per heavy atom. The summed E-state index contributed by atoms with van der Waals surface area (Å²) in [6, 6.07) is 58.2. The molecule has 0 radical (unpaired) electrons. The van der Waals surface area contributed by atoms with Crippen LogP contribution in [0.5, 0.6) is 0 Å². The number of benzene rings is 7. The van der Waals surface area contributed by atoms with E-state index in [1.807, 2.05) is 11.3 Å². The molecule has 0 saturated carbocycles. The second-order valence-corrected chi connectivity index (χ2v) is 12.7. The highest BCUT2D eigenvalue weighted by Crippen LogP contribution is 2.38. The molecule has 7 aromatic carbocycles. The summed E-state index contributed by atoms with van der Waals surface area (Å²) < 4.78 is 2.73. The molecule has 44 heavy (non-hydrogen) atoms. The molecule has 0 aliphatic heterocycles. The minimum atomic E-state index is 0.379. The van der Waals surface area contributed by atoms with E-state index in [2.05, 4.69) is 165 Å². The maximum Gasteiger partial charge on any atom is 0.0355 e. The fourth-order valence-electron chi connectivity index (χ4n) is 6.63. The third-order valence-corrected chi connectivity index (χ3v) is 10.2. The van der Waals surface area contributed by atoms with Crippen molar-refractivity contribution in [3.8, 4) is 33.4 Å². The Hall–Kier alpha value is -4.98. The van der Waals surface area contributed by atoms with E-state index >= 15 is 0 Å². The lowest BCUT2D eigenvalue weighted by Gasteiger charge is -2.17. The number of rotatable bonds is 6. The summed E-state index contributed by atoms with van der Waals surface area (Å²) in [5.41, 5.74) is 10.2. The van der Waals surface area contributed by atoms with Crippen LogP contribution >= 0.6 is 11.3 Å². The van der Waals surface area contributed by atoms with Crippen LogP contribution in [0.1, 0.15) is 30.4 Å². The van der Waals surface area contributed by atoms with Crippen molar-refractivity contribution in [2.75, 3.05) is 0 Å². The van der Waals surface area contributed by atoms with Crippen LogP contribution in [-0.4, -0.2) is 0 Å². The zero-order chi connectivity index (χ0) is 29.5. The Labute approximate surface area is 262 Å². The predicted octanol–water partition coefficient (Wildman–Crippen LogP) is 12.8. The Kier molecular flexibility index (Phi) is 6.82. The number of fused-ring (bicyclic) bond motifs is 4. The molecule has 0 amide bonds. The van der Waals surface area contributed by atoms with E-state index in [-0.39, 0.29) is 0 Å². The van der Waals surface area contributed by atoms with Gasteiger partial charge in [-0.1, -0.05) is 134 Å². The molecule has 1 heterocycles. The topological polar surface area (TPSA) is 0 Å². The summed E-state index contributed by atoms with van der Waals surface area (Å²) in [5, 5.41) is 5.28. The van der Waals surface area contributed by atoms with Crippen LogP contribution < -0.4 is 0 Å². The lowest BCUT2D eigenvalue weighted by molar-refractivity contribution is 0.779. The molecule has 0 aliphatic carbocycles. The van der Waals surface area contributed by atoms with Gasteiger partial charge in [0, 0.05) is 26.1 Å². The van der Waals surface area contributed by atoms with Gasteiger partial charge in [-0.3, -0.25) is 0 Å². The molecule has 0 saturated heterocycles. The van der Waals surface area contributed by atoms with Crippen molar-refractivity contribution >= 4 is 42.3 Å². The lowest BCUT2D eigenvalue weighted by atomic mass is 9.87. The molecule has 0 unspecified atom stereocenters. The second-order valence-electron chi connectivity index (χ2n) is 11.7. The SMILES string of the molecule is CC[C@H](c1ccc(-c2ccc(-c3cccc(-c4ccc5ccccc5c4)c3)cc2)cc1)c1ccc2sc3ccccc3c2c1. The van der Waals surface area contributed by atoms with Gasteiger partial charge in [-0.15, -0.1) is 11.3 Å². The first-order chi connectivity index (χ1) is 21.7. The van der Waals surface area contributed by atoms with E-state index in [0.29, 0.717) is 5.92 Å². The summed E-state index contributed by atoms with van der Waals surface area (Å²) in [4.78, 5) is 0. The molecule has 0 bridgehead atoms. The zero-order valence-electron chi connectivity index (χ0n) is 24.7. The molecule has 1 atom stereocenters. The van der Waals surface area contributed by atoms with Crippen LogP contribution in [0.3, 0.4) is 0 Å². The van der Waals surface area contributed by atoms with Crippen molar-refractivity contribution in [3.05, 3.63) is 169 Å². The highest BCUT2D eigenvalue weighted by Gasteiger charge is 2.15. The Balaban J connectivity index is 1.04. The van der Waals surface area contributed by atoms with Crippen LogP contribution in [-0.2, 0) is 0 Å². The first kappa shape index (κ1) is 26.6. The van der Waals surface area contributed by atoms with E-state index in [1.54, 1.807) is 0 Å². The van der Waals surface area contributed by atoms with Gasteiger partial charge < -0.3 is 0 Å². The highest BCUT2D eigenvalue weighted by molar-refractivity contribution is 7.25. The number of hydrogen-bond acceptors (Lipinski definition) is 1. The third kappa shape index (κ3) is 4.90. The van der Waals surface area contributed by atoms with Crippen LogP contribution in [0.4, 0.5) is 0 Å². The van der Waals surface area contributed by atoms with E-state index in [4.69, 9.17) is 0 Å². The maximum absolute atomic E-state index is 2.42. The van der Waals surface area contributed by atoms with E-state index in [0.717, 1.165) is 6.42 Å². The average molecular weight is 581 g/mol. The summed E-state index contributed by atoms with van der Waals surface area (Å²) in [6.07, 6.45) is 1.07. The fourth-order valence-corrected chi connectivity index (χ4v) is 7.72. The van der Waals surface area contributed by atoms with Gasteiger partial charge in [0.25, 0.3) is 0 Å². The van der Waals surface area contributed by atoms with Crippen LogP contribution in [0.2, 0.25) is 0 Å². The fraction of sp³-hybridized carbons (Fsp3) is 0.0698. The standard InChI is InChI=1S/C43H32S/c1-2-39(38-24-25-43-41(28-38)40-12-5-6-13-42(40)44-43)33-21-18-31(19-22-33)30-14-16-32(17-15-30)35-10-7-11-36(26-35)37-23-20-29-8-3-4-9-34(29)27-37/h3-28,39H,2H2,1H3/t39-/m1/s1. The lowest BCUT2D eigenvalue weighted by Crippen LogP contribution is -1.99. The molecule has 0 fully saturated rings. The van der Waals surface area contributed by atoms with Gasteiger partial charge in [-0.25, -0.2) is 0 Å². The summed E-state index contributed by atoms with van der Waals surface area (Å²) >= 11 is 1.88. The van der Waals surface area contributed by atoms with Crippen LogP contribution in [0, 0.1) is 0 Å². The van der Waals surface area contributed by atoms with Gasteiger partial charge in [-0.2, -0.15) is 0 Å². The maximum atomic E-state index is 2.42. The molecule has 0 nitrogen and oxygen atoms in total. The number of hydrogen-bond donors (Lipinski definition) is 0. The second kappa shape index (κ2) is 11.3. The first-order valence-corrected chi connectivity index (χ1v) is 16.3. The monoisotopic (exact) mass is 580 g/mol. The highest BCUT2D eigenvalue weighted by atomic mass is 32.1. The van der Waals surface area contributed by atoms with Crippen molar-refractivity contribution in [1.29, 1.82) is 0 Å². The first-order valence-electron chi connectivity index (χ1n) is 15.4. The molecule has 1 aromatic heterocycles. The normalized spacial score (nSPS) is 12.2. The van der Waals surface area contributed by atoms with Gasteiger partial charge in [0.2, 0.25) is 0 Å². The molecule has 8 aromatic rings. The van der Waals surface area contributed by atoms with E-state index < -0.39 is 0 Å². The summed E-state index contributed by atoms with van der Waals surface area (Å²) in [6.45, 7) is 2.29. The Bertz CT molecular complexity index is 2250. The van der Waals surface area contributed by atoms with Crippen molar-refractivity contribution in [3.63, 3.8) is 0 Å². The zero-order valence-corrected chi connectivity index (χ0v) is 25.5. The molecule has 1 heteroatoms. The quantitative estimate of drug-likeness (QED) is 0.183. The van der Waals surface area contributed by atoms with Gasteiger partial charge in [-0.05, 0) is 92.0 Å². The van der Waals surface area contributed by atoms with E-state index in [1.165, 1.54) is 75.5 Å². The minimum Gasteiger partial charge on any atom is -0.135 e. The van der Waals surface area contributed by atoms with Gasteiger partial charge in [0.15, 0.2) is 0 Å². The molecule has 0 N–H and O–H groups in total. The van der Waals surface area contributed by atoms with Crippen LogP contribution in [0.15, 0.2) is 158 Å². The van der Waals surface area contributed by atoms with Crippen molar-refractivity contribution in [2.45, 2.75) is 19.3 Å². The Morgan fingerprint density at radius 2 is 0.977 bits per heavy atom. The third-order valence-electron chi connectivity index (χ3n) is 9.02. The van der Waals surface area contributed by atoms with Crippen molar-refractivity contribution in [1.82, 2.24) is 0 Å². The van der Waals surface area contributed by atoms with Gasteiger partial charge in [0.1, 0.15) is 0 Å². The minimum absolute atomic E-state index is 0.379. The molecular weight excluding hydrogens is 549 g/mol. The number of thiophene rings is 1. The van der Waals surface area contributed by atoms with Crippen molar-refractivity contribution < 1.29 is 0 Å².